The van der Waals surface area contributed by atoms with Gasteiger partial charge in [0.15, 0.2) is 10.8 Å². The molecule has 1 unspecified atom stereocenters. The third-order valence-corrected chi connectivity index (χ3v) is 6.42. The number of halogens is 1. The van der Waals surface area contributed by atoms with Crippen LogP contribution in [0.25, 0.3) is 0 Å². The number of nitrogens with zero attached hydrogens (tertiary/aromatic N) is 1. The minimum absolute atomic E-state index is 0.0556. The lowest BCUT2D eigenvalue weighted by Gasteiger charge is -2.34. The van der Waals surface area contributed by atoms with Crippen molar-refractivity contribution >= 4 is 41.0 Å². The van der Waals surface area contributed by atoms with Crippen molar-refractivity contribution in [1.29, 1.82) is 0 Å². The van der Waals surface area contributed by atoms with E-state index in [0.717, 1.165) is 31.7 Å². The van der Waals surface area contributed by atoms with E-state index in [4.69, 9.17) is 24.9 Å². The number of carboxylic acids is 3. The second-order valence-corrected chi connectivity index (χ2v) is 9.56. The zero-order chi connectivity index (χ0) is 28.4. The Hall–Kier alpha value is -3.90. The van der Waals surface area contributed by atoms with Crippen molar-refractivity contribution in [3.05, 3.63) is 64.3 Å². The van der Waals surface area contributed by atoms with Crippen LogP contribution < -0.4 is 4.74 Å². The molecule has 0 radical (unpaired) electrons. The third-order valence-electron chi connectivity index (χ3n) is 5.30. The number of thiophene rings is 1. The molecule has 1 atom stereocenters. The van der Waals surface area contributed by atoms with Crippen molar-refractivity contribution in [2.45, 2.75) is 45.7 Å². The molecule has 204 valence electrons. The SMILES string of the molecule is CC(=O)O.CC(=O)Oc1cc2c(s1)CCN(C(C(=O)C1CC1)c1ccccc1F)C2.O=C(O)/C=C/C(=O)O. The number of hydrogen-bond donors (Lipinski definition) is 3. The smallest absolute Gasteiger partial charge is 0.328 e. The number of aliphatic carboxylic acids is 3. The van der Waals surface area contributed by atoms with Gasteiger partial charge in [-0.25, -0.2) is 14.0 Å². The Bertz CT molecular complexity index is 1200. The van der Waals surface area contributed by atoms with Gasteiger partial charge in [0.05, 0.1) is 6.04 Å². The van der Waals surface area contributed by atoms with Crippen LogP contribution in [0.5, 0.6) is 5.06 Å². The first-order valence-corrected chi connectivity index (χ1v) is 12.4. The molecule has 12 heteroatoms. The summed E-state index contributed by atoms with van der Waals surface area (Å²) < 4.78 is 19.6. The highest BCUT2D eigenvalue weighted by atomic mass is 32.1. The van der Waals surface area contributed by atoms with Crippen LogP contribution in [0.1, 0.15) is 48.7 Å². The standard InChI is InChI=1S/C20H20FNO3S.C4H4O4.C2H4O2/c1-12(23)25-18-10-14-11-22(9-8-17(14)26-18)19(20(24)13-6-7-13)15-4-2-3-5-16(15)21;5-3(6)1-2-4(7)8;1-2(3)4/h2-5,10,13,19H,6-9,11H2,1H3;1-2H,(H,5,6)(H,7,8);1H3,(H,3,4)/b;2-1+;. The zero-order valence-electron chi connectivity index (χ0n) is 20.8. The summed E-state index contributed by atoms with van der Waals surface area (Å²) in [6, 6.07) is 7.89. The zero-order valence-corrected chi connectivity index (χ0v) is 21.6. The lowest BCUT2D eigenvalue weighted by atomic mass is 9.95. The van der Waals surface area contributed by atoms with Crippen LogP contribution in [0.15, 0.2) is 42.5 Å². The molecule has 1 fully saturated rings. The molecule has 1 aromatic heterocycles. The Morgan fingerprint density at radius 3 is 2.13 bits per heavy atom. The second-order valence-electron chi connectivity index (χ2n) is 8.46. The Balaban J connectivity index is 0.000000356. The predicted octanol–water partition coefficient (Wildman–Crippen LogP) is 3.69. The number of ketones is 1. The molecule has 1 aliphatic carbocycles. The van der Waals surface area contributed by atoms with Crippen LogP contribution in [0.3, 0.4) is 0 Å². The van der Waals surface area contributed by atoms with Crippen LogP contribution in [-0.2, 0) is 36.9 Å². The highest BCUT2D eigenvalue weighted by Crippen LogP contribution is 2.41. The summed E-state index contributed by atoms with van der Waals surface area (Å²) in [6.07, 6.45) is 3.69. The van der Waals surface area contributed by atoms with E-state index in [1.807, 2.05) is 6.07 Å². The molecule has 2 aromatic rings. The van der Waals surface area contributed by atoms with E-state index in [-0.39, 0.29) is 23.5 Å². The van der Waals surface area contributed by atoms with Gasteiger partial charge in [-0.15, -0.1) is 11.3 Å². The van der Waals surface area contributed by atoms with Gasteiger partial charge in [-0.2, -0.15) is 0 Å². The number of ether oxygens (including phenoxy) is 1. The molecule has 10 nitrogen and oxygen atoms in total. The van der Waals surface area contributed by atoms with E-state index in [2.05, 4.69) is 4.90 Å². The topological polar surface area (TPSA) is 159 Å². The number of carbonyl (C=O) groups excluding carboxylic acids is 2. The summed E-state index contributed by atoms with van der Waals surface area (Å²) in [4.78, 5) is 55.5. The van der Waals surface area contributed by atoms with Gasteiger partial charge in [-0.05, 0) is 37.0 Å². The number of Topliss-reactive ketones (excluding diaryl/α,β-unsaturated/α-hetero) is 1. The molecule has 0 spiro atoms. The molecule has 0 bridgehead atoms. The average Bonchev–Trinajstić information content (AvgIpc) is 3.59. The third kappa shape index (κ3) is 9.87. The first-order chi connectivity index (χ1) is 17.9. The summed E-state index contributed by atoms with van der Waals surface area (Å²) >= 11 is 1.47. The van der Waals surface area contributed by atoms with Crippen molar-refractivity contribution in [2.75, 3.05) is 6.54 Å². The van der Waals surface area contributed by atoms with Crippen LogP contribution in [-0.4, -0.2) is 56.4 Å². The summed E-state index contributed by atoms with van der Waals surface area (Å²) in [5, 5.41) is 23.6. The first kappa shape index (κ1) is 30.3. The van der Waals surface area contributed by atoms with Crippen molar-refractivity contribution < 1.29 is 48.4 Å². The van der Waals surface area contributed by atoms with Gasteiger partial charge in [0.1, 0.15) is 5.82 Å². The van der Waals surface area contributed by atoms with E-state index in [1.54, 1.807) is 18.2 Å². The van der Waals surface area contributed by atoms with Gasteiger partial charge in [0.2, 0.25) is 0 Å². The Morgan fingerprint density at radius 1 is 1.05 bits per heavy atom. The lowest BCUT2D eigenvalue weighted by molar-refractivity contribution is -0.134. The minimum atomic E-state index is -1.26. The number of esters is 1. The molecular formula is C26H28FNO9S. The van der Waals surface area contributed by atoms with Crippen molar-refractivity contribution in [3.63, 3.8) is 0 Å². The van der Waals surface area contributed by atoms with Crippen molar-refractivity contribution in [1.82, 2.24) is 4.90 Å². The highest BCUT2D eigenvalue weighted by molar-refractivity contribution is 7.14. The lowest BCUT2D eigenvalue weighted by Crippen LogP contribution is -2.38. The molecule has 1 saturated carbocycles. The molecule has 2 aliphatic rings. The van der Waals surface area contributed by atoms with E-state index < -0.39 is 23.9 Å². The van der Waals surface area contributed by atoms with Gasteiger partial charge >= 0.3 is 17.9 Å². The van der Waals surface area contributed by atoms with E-state index in [9.17, 15) is 23.6 Å². The molecule has 38 heavy (non-hydrogen) atoms. The van der Waals surface area contributed by atoms with E-state index >= 15 is 0 Å². The van der Waals surface area contributed by atoms with Crippen LogP contribution >= 0.6 is 11.3 Å². The van der Waals surface area contributed by atoms with Gasteiger partial charge in [-0.3, -0.25) is 19.3 Å². The fourth-order valence-electron chi connectivity index (χ4n) is 3.70. The summed E-state index contributed by atoms with van der Waals surface area (Å²) in [5.41, 5.74) is 1.52. The van der Waals surface area contributed by atoms with Crippen molar-refractivity contribution in [2.24, 2.45) is 5.92 Å². The minimum Gasteiger partial charge on any atom is -0.481 e. The van der Waals surface area contributed by atoms with Gasteiger partial charge in [-0.1, -0.05) is 18.2 Å². The normalized spacial score (nSPS) is 15.1. The molecule has 4 rings (SSSR count). The number of benzene rings is 1. The Morgan fingerprint density at radius 2 is 1.63 bits per heavy atom. The van der Waals surface area contributed by atoms with Gasteiger partial charge in [0.25, 0.3) is 5.97 Å². The molecule has 1 aliphatic heterocycles. The largest absolute Gasteiger partial charge is 0.481 e. The average molecular weight is 550 g/mol. The maximum absolute atomic E-state index is 14.4. The number of fused-ring (bicyclic) bond motifs is 1. The van der Waals surface area contributed by atoms with E-state index in [0.29, 0.717) is 35.9 Å². The molecule has 1 aromatic carbocycles. The molecule has 0 amide bonds. The predicted molar refractivity (Wildman–Crippen MR) is 134 cm³/mol. The number of carboxylic acid groups (broad SMARTS) is 3. The van der Waals surface area contributed by atoms with Gasteiger partial charge < -0.3 is 20.1 Å². The molecule has 3 N–H and O–H groups in total. The molecule has 2 heterocycles. The molecular weight excluding hydrogens is 521 g/mol. The molecule has 0 saturated heterocycles. The highest BCUT2D eigenvalue weighted by Gasteiger charge is 2.40. The maximum Gasteiger partial charge on any atom is 0.328 e. The first-order valence-electron chi connectivity index (χ1n) is 11.5. The fraction of sp³-hybridized carbons (Fsp3) is 0.346. The second kappa shape index (κ2) is 14.1. The van der Waals surface area contributed by atoms with Crippen LogP contribution in [0.2, 0.25) is 0 Å². The summed E-state index contributed by atoms with van der Waals surface area (Å²) in [6.45, 7) is 3.71. The summed E-state index contributed by atoms with van der Waals surface area (Å²) in [7, 11) is 0. The maximum atomic E-state index is 14.4. The monoisotopic (exact) mass is 549 g/mol. The van der Waals surface area contributed by atoms with Crippen LogP contribution in [0.4, 0.5) is 4.39 Å². The Kier molecular flexibility index (Phi) is 11.3. The number of hydrogen-bond acceptors (Lipinski definition) is 8. The van der Waals surface area contributed by atoms with E-state index in [1.165, 1.54) is 29.2 Å². The van der Waals surface area contributed by atoms with Crippen molar-refractivity contribution in [3.8, 4) is 5.06 Å². The fourth-order valence-corrected chi connectivity index (χ4v) is 4.75. The summed E-state index contributed by atoms with van der Waals surface area (Å²) in [5.74, 6) is -3.84. The van der Waals surface area contributed by atoms with Gasteiger partial charge in [0, 0.05) is 55.4 Å². The number of carbonyl (C=O) groups is 5. The quantitative estimate of drug-likeness (QED) is 0.343. The number of rotatable bonds is 7. The van der Waals surface area contributed by atoms with Crippen LogP contribution in [0, 0.1) is 11.7 Å². The Labute approximate surface area is 222 Å².